The SMILES string of the molecule is Cc1cc(N2CCOCC2)ccc1NC(C)C(=O)N1CCOCC1. The molecule has 1 aromatic rings. The van der Waals surface area contributed by atoms with Crippen molar-refractivity contribution in [1.82, 2.24) is 4.90 Å². The summed E-state index contributed by atoms with van der Waals surface area (Å²) in [6.07, 6.45) is 0. The van der Waals surface area contributed by atoms with Gasteiger partial charge in [0.2, 0.25) is 5.91 Å². The fourth-order valence-electron chi connectivity index (χ4n) is 3.18. The smallest absolute Gasteiger partial charge is 0.244 e. The number of hydrogen-bond acceptors (Lipinski definition) is 5. The molecule has 1 unspecified atom stereocenters. The highest BCUT2D eigenvalue weighted by atomic mass is 16.5. The lowest BCUT2D eigenvalue weighted by Gasteiger charge is -2.31. The third-order valence-electron chi connectivity index (χ3n) is 4.65. The minimum atomic E-state index is -0.240. The van der Waals surface area contributed by atoms with Crippen molar-refractivity contribution >= 4 is 17.3 Å². The molecule has 2 heterocycles. The van der Waals surface area contributed by atoms with E-state index in [4.69, 9.17) is 9.47 Å². The quantitative estimate of drug-likeness (QED) is 0.905. The van der Waals surface area contributed by atoms with Crippen molar-refractivity contribution in [3.63, 3.8) is 0 Å². The molecular weight excluding hydrogens is 306 g/mol. The van der Waals surface area contributed by atoms with E-state index >= 15 is 0 Å². The van der Waals surface area contributed by atoms with E-state index in [2.05, 4.69) is 35.3 Å². The summed E-state index contributed by atoms with van der Waals surface area (Å²) in [5.74, 6) is 0.134. The average Bonchev–Trinajstić information content (AvgIpc) is 2.64. The van der Waals surface area contributed by atoms with Crippen molar-refractivity contribution in [2.75, 3.05) is 62.8 Å². The lowest BCUT2D eigenvalue weighted by molar-refractivity contribution is -0.135. The van der Waals surface area contributed by atoms with Crippen molar-refractivity contribution < 1.29 is 14.3 Å². The van der Waals surface area contributed by atoms with Crippen molar-refractivity contribution in [2.45, 2.75) is 19.9 Å². The van der Waals surface area contributed by atoms with Gasteiger partial charge >= 0.3 is 0 Å². The number of morpholine rings is 2. The molecule has 0 saturated carbocycles. The zero-order valence-electron chi connectivity index (χ0n) is 14.6. The number of benzene rings is 1. The van der Waals surface area contributed by atoms with Crippen LogP contribution < -0.4 is 10.2 Å². The van der Waals surface area contributed by atoms with Gasteiger partial charge in [-0.25, -0.2) is 0 Å². The standard InChI is InChI=1S/C18H27N3O3/c1-14-13-16(20-5-9-23-10-6-20)3-4-17(14)19-15(2)18(22)21-7-11-24-12-8-21/h3-4,13,15,19H,5-12H2,1-2H3. The summed E-state index contributed by atoms with van der Waals surface area (Å²) in [7, 11) is 0. The van der Waals surface area contributed by atoms with Crippen LogP contribution in [0.2, 0.25) is 0 Å². The van der Waals surface area contributed by atoms with Gasteiger partial charge in [0.05, 0.1) is 26.4 Å². The predicted octanol–water partition coefficient (Wildman–Crippen LogP) is 1.49. The van der Waals surface area contributed by atoms with Gasteiger partial charge in [0.1, 0.15) is 6.04 Å². The van der Waals surface area contributed by atoms with Crippen LogP contribution in [0, 0.1) is 6.92 Å². The van der Waals surface area contributed by atoms with E-state index in [-0.39, 0.29) is 11.9 Å². The van der Waals surface area contributed by atoms with Crippen molar-refractivity contribution in [3.05, 3.63) is 23.8 Å². The Morgan fingerprint density at radius 1 is 1.08 bits per heavy atom. The first kappa shape index (κ1) is 17.0. The molecule has 6 nitrogen and oxygen atoms in total. The van der Waals surface area contributed by atoms with E-state index < -0.39 is 0 Å². The minimum absolute atomic E-state index is 0.134. The Hall–Kier alpha value is -1.79. The molecule has 1 amide bonds. The number of amides is 1. The Morgan fingerprint density at radius 2 is 1.71 bits per heavy atom. The van der Waals surface area contributed by atoms with E-state index in [1.54, 1.807) is 0 Å². The summed E-state index contributed by atoms with van der Waals surface area (Å²) < 4.78 is 10.7. The molecule has 2 aliphatic heterocycles. The first-order chi connectivity index (χ1) is 11.6. The third kappa shape index (κ3) is 3.99. The Kier molecular flexibility index (Phi) is 5.58. The maximum Gasteiger partial charge on any atom is 0.244 e. The van der Waals surface area contributed by atoms with Crippen LogP contribution >= 0.6 is 0 Å². The molecule has 6 heteroatoms. The van der Waals surface area contributed by atoms with Crippen molar-refractivity contribution in [2.24, 2.45) is 0 Å². The van der Waals surface area contributed by atoms with Gasteiger partial charge in [-0.15, -0.1) is 0 Å². The van der Waals surface area contributed by atoms with E-state index in [0.29, 0.717) is 26.3 Å². The van der Waals surface area contributed by atoms with E-state index in [9.17, 15) is 4.79 Å². The van der Waals surface area contributed by atoms with Gasteiger partial charge in [0, 0.05) is 37.6 Å². The molecule has 1 N–H and O–H groups in total. The van der Waals surface area contributed by atoms with Gasteiger partial charge in [0.25, 0.3) is 0 Å². The molecule has 2 aliphatic rings. The van der Waals surface area contributed by atoms with Crippen molar-refractivity contribution in [1.29, 1.82) is 0 Å². The fourth-order valence-corrected chi connectivity index (χ4v) is 3.18. The predicted molar refractivity (Wildman–Crippen MR) is 94.7 cm³/mol. The second-order valence-electron chi connectivity index (χ2n) is 6.40. The number of rotatable bonds is 4. The molecule has 0 spiro atoms. The number of hydrogen-bond donors (Lipinski definition) is 1. The summed E-state index contributed by atoms with van der Waals surface area (Å²) in [5.41, 5.74) is 3.38. The second kappa shape index (κ2) is 7.85. The van der Waals surface area contributed by atoms with Gasteiger partial charge in [0.15, 0.2) is 0 Å². The number of anilines is 2. The molecule has 0 bridgehead atoms. The highest BCUT2D eigenvalue weighted by Gasteiger charge is 2.22. The van der Waals surface area contributed by atoms with Crippen LogP contribution in [0.1, 0.15) is 12.5 Å². The van der Waals surface area contributed by atoms with Crippen molar-refractivity contribution in [3.8, 4) is 0 Å². The Balaban J connectivity index is 1.62. The van der Waals surface area contributed by atoms with Gasteiger partial charge in [-0.3, -0.25) is 4.79 Å². The van der Waals surface area contributed by atoms with Crippen LogP contribution in [-0.2, 0) is 14.3 Å². The highest BCUT2D eigenvalue weighted by Crippen LogP contribution is 2.24. The van der Waals surface area contributed by atoms with Gasteiger partial charge in [-0.1, -0.05) is 0 Å². The molecular formula is C18H27N3O3. The molecule has 24 heavy (non-hydrogen) atoms. The molecule has 0 aromatic heterocycles. The molecule has 0 aliphatic carbocycles. The number of carbonyl (C=O) groups excluding carboxylic acids is 1. The average molecular weight is 333 g/mol. The lowest BCUT2D eigenvalue weighted by atomic mass is 10.1. The van der Waals surface area contributed by atoms with Crippen LogP contribution in [-0.4, -0.2) is 69.5 Å². The maximum atomic E-state index is 12.5. The zero-order chi connectivity index (χ0) is 16.9. The summed E-state index contributed by atoms with van der Waals surface area (Å²) in [4.78, 5) is 16.7. The number of aryl methyl sites for hydroxylation is 1. The first-order valence-electron chi connectivity index (χ1n) is 8.71. The Morgan fingerprint density at radius 3 is 2.33 bits per heavy atom. The third-order valence-corrected chi connectivity index (χ3v) is 4.65. The fraction of sp³-hybridized carbons (Fsp3) is 0.611. The van der Waals surface area contributed by atoms with Gasteiger partial charge in [-0.05, 0) is 37.6 Å². The number of carbonyl (C=O) groups is 1. The lowest BCUT2D eigenvalue weighted by Crippen LogP contribution is -2.47. The van der Waals surface area contributed by atoms with Crippen LogP contribution in [0.15, 0.2) is 18.2 Å². The molecule has 1 aromatic carbocycles. The molecule has 132 valence electrons. The normalized spacial score (nSPS) is 19.9. The summed E-state index contributed by atoms with van der Waals surface area (Å²) >= 11 is 0. The van der Waals surface area contributed by atoms with Crippen LogP contribution in [0.5, 0.6) is 0 Å². The molecule has 3 rings (SSSR count). The van der Waals surface area contributed by atoms with Gasteiger partial charge in [-0.2, -0.15) is 0 Å². The highest BCUT2D eigenvalue weighted by molar-refractivity contribution is 5.84. The topological polar surface area (TPSA) is 54.0 Å². The summed E-state index contributed by atoms with van der Waals surface area (Å²) in [5, 5.41) is 3.36. The molecule has 2 saturated heterocycles. The zero-order valence-corrected chi connectivity index (χ0v) is 14.6. The largest absolute Gasteiger partial charge is 0.378 e. The van der Waals surface area contributed by atoms with Gasteiger partial charge < -0.3 is 24.6 Å². The second-order valence-corrected chi connectivity index (χ2v) is 6.40. The van der Waals surface area contributed by atoms with E-state index in [1.165, 1.54) is 5.69 Å². The molecule has 0 radical (unpaired) electrons. The first-order valence-corrected chi connectivity index (χ1v) is 8.71. The number of nitrogens with zero attached hydrogens (tertiary/aromatic N) is 2. The Labute approximate surface area is 143 Å². The number of ether oxygens (including phenoxy) is 2. The molecule has 2 fully saturated rings. The van der Waals surface area contributed by atoms with E-state index in [0.717, 1.165) is 37.6 Å². The monoisotopic (exact) mass is 333 g/mol. The summed E-state index contributed by atoms with van der Waals surface area (Å²) in [6.45, 7) is 10.0. The van der Waals surface area contributed by atoms with Crippen LogP contribution in [0.3, 0.4) is 0 Å². The Bertz CT molecular complexity index is 567. The van der Waals surface area contributed by atoms with E-state index in [1.807, 2.05) is 11.8 Å². The number of nitrogens with one attached hydrogen (secondary N) is 1. The van der Waals surface area contributed by atoms with Crippen LogP contribution in [0.4, 0.5) is 11.4 Å². The van der Waals surface area contributed by atoms with Crippen LogP contribution in [0.25, 0.3) is 0 Å². The minimum Gasteiger partial charge on any atom is -0.378 e. The summed E-state index contributed by atoms with van der Waals surface area (Å²) in [6, 6.07) is 6.13. The molecule has 1 atom stereocenters. The maximum absolute atomic E-state index is 12.5.